The lowest BCUT2D eigenvalue weighted by molar-refractivity contribution is -0.133. The number of carbonyl (C=O) groups is 3. The number of benzene rings is 2. The van der Waals surface area contributed by atoms with Crippen LogP contribution in [0, 0.1) is 5.41 Å². The van der Waals surface area contributed by atoms with Crippen molar-refractivity contribution >= 4 is 58.5 Å². The van der Waals surface area contributed by atoms with Crippen molar-refractivity contribution in [3.63, 3.8) is 0 Å². The van der Waals surface area contributed by atoms with Crippen molar-refractivity contribution in [2.24, 2.45) is 0 Å². The summed E-state index contributed by atoms with van der Waals surface area (Å²) in [7, 11) is 3.51. The summed E-state index contributed by atoms with van der Waals surface area (Å²) in [5, 5.41) is 22.8. The molecule has 0 saturated carbocycles. The minimum atomic E-state index is -0.991. The number of amidine groups is 1. The van der Waals surface area contributed by atoms with Crippen LogP contribution in [-0.2, 0) is 4.79 Å². The van der Waals surface area contributed by atoms with Crippen molar-refractivity contribution in [3.8, 4) is 0 Å². The maximum atomic E-state index is 13.0. The van der Waals surface area contributed by atoms with Gasteiger partial charge >= 0.3 is 5.97 Å². The highest BCUT2D eigenvalue weighted by atomic mass is 35.5. The van der Waals surface area contributed by atoms with E-state index in [0.717, 1.165) is 11.8 Å². The van der Waals surface area contributed by atoms with Crippen molar-refractivity contribution < 1.29 is 19.5 Å². The molecule has 2 aromatic carbocycles. The third kappa shape index (κ3) is 7.05. The summed E-state index contributed by atoms with van der Waals surface area (Å²) >= 11 is 6.89. The summed E-state index contributed by atoms with van der Waals surface area (Å²) in [4.78, 5) is 43.1. The van der Waals surface area contributed by atoms with E-state index in [2.05, 4.69) is 15.6 Å². The topological polar surface area (TPSA) is 135 Å². The molecule has 180 valence electrons. The molecule has 0 radical (unpaired) electrons. The number of pyridine rings is 1. The van der Waals surface area contributed by atoms with Gasteiger partial charge in [-0.05, 0) is 42.5 Å². The number of thioether (sulfide) groups is 1. The van der Waals surface area contributed by atoms with Gasteiger partial charge in [0.2, 0.25) is 0 Å². The molecule has 3 aromatic rings. The smallest absolute Gasteiger partial charge is 0.313 e. The van der Waals surface area contributed by atoms with E-state index >= 15 is 0 Å². The monoisotopic (exact) mass is 511 g/mol. The predicted molar refractivity (Wildman–Crippen MR) is 137 cm³/mol. The van der Waals surface area contributed by atoms with Gasteiger partial charge in [-0.2, -0.15) is 0 Å². The molecule has 0 unspecified atom stereocenters. The number of rotatable bonds is 8. The van der Waals surface area contributed by atoms with E-state index in [0.29, 0.717) is 26.9 Å². The predicted octanol–water partition coefficient (Wildman–Crippen LogP) is 4.30. The second-order valence-corrected chi connectivity index (χ2v) is 8.97. The molecular weight excluding hydrogens is 490 g/mol. The Hall–Kier alpha value is -3.89. The maximum absolute atomic E-state index is 13.0. The van der Waals surface area contributed by atoms with Gasteiger partial charge < -0.3 is 20.6 Å². The second-order valence-electron chi connectivity index (χ2n) is 7.48. The fourth-order valence-corrected chi connectivity index (χ4v) is 3.69. The number of hydrogen-bond acceptors (Lipinski definition) is 6. The van der Waals surface area contributed by atoms with Gasteiger partial charge in [0.1, 0.15) is 11.7 Å². The summed E-state index contributed by atoms with van der Waals surface area (Å²) in [6.45, 7) is 0. The summed E-state index contributed by atoms with van der Waals surface area (Å²) in [5.74, 6) is -1.59. The fraction of sp³-hybridized carbons (Fsp3) is 0.125. The van der Waals surface area contributed by atoms with Crippen LogP contribution in [0.5, 0.6) is 0 Å². The Bertz CT molecular complexity index is 1260. The van der Waals surface area contributed by atoms with Crippen LogP contribution in [-0.4, -0.2) is 58.5 Å². The Balaban J connectivity index is 1.85. The lowest BCUT2D eigenvalue weighted by atomic mass is 10.1. The molecule has 0 aliphatic heterocycles. The number of aromatic nitrogens is 1. The maximum Gasteiger partial charge on any atom is 0.313 e. The molecule has 0 bridgehead atoms. The van der Waals surface area contributed by atoms with E-state index in [1.54, 1.807) is 61.5 Å². The van der Waals surface area contributed by atoms with Crippen LogP contribution in [0.3, 0.4) is 0 Å². The third-order valence-electron chi connectivity index (χ3n) is 4.68. The first kappa shape index (κ1) is 25.7. The van der Waals surface area contributed by atoms with Crippen molar-refractivity contribution in [1.82, 2.24) is 9.88 Å². The number of nitrogens with zero attached hydrogens (tertiary/aromatic N) is 2. The molecule has 11 heteroatoms. The highest BCUT2D eigenvalue weighted by molar-refractivity contribution is 8.00. The van der Waals surface area contributed by atoms with Crippen LogP contribution < -0.4 is 10.6 Å². The van der Waals surface area contributed by atoms with Crippen LogP contribution in [0.4, 0.5) is 11.5 Å². The van der Waals surface area contributed by atoms with Crippen molar-refractivity contribution in [2.45, 2.75) is 4.90 Å². The molecule has 3 rings (SSSR count). The minimum absolute atomic E-state index is 0.136. The molecule has 2 amide bonds. The molecule has 1 heterocycles. The van der Waals surface area contributed by atoms with E-state index in [1.807, 2.05) is 0 Å². The first-order valence-electron chi connectivity index (χ1n) is 10.2. The lowest BCUT2D eigenvalue weighted by Gasteiger charge is -2.15. The van der Waals surface area contributed by atoms with Gasteiger partial charge in [-0.3, -0.25) is 19.8 Å². The van der Waals surface area contributed by atoms with Crippen LogP contribution in [0.15, 0.2) is 65.7 Å². The molecule has 9 nitrogen and oxygen atoms in total. The first-order valence-corrected chi connectivity index (χ1v) is 11.6. The van der Waals surface area contributed by atoms with Crippen LogP contribution >= 0.6 is 23.4 Å². The average Bonchev–Trinajstić information content (AvgIpc) is 2.84. The average molecular weight is 512 g/mol. The Morgan fingerprint density at radius 1 is 1.00 bits per heavy atom. The zero-order chi connectivity index (χ0) is 25.5. The SMILES string of the molecule is CN(C)C(=N)c1ccc(C(=O)Nc2ccc(SCC(=O)O)cc2C(=O)Nc2ccc(Cl)cn2)cc1. The van der Waals surface area contributed by atoms with Gasteiger partial charge in [-0.15, -0.1) is 11.8 Å². The van der Waals surface area contributed by atoms with E-state index in [9.17, 15) is 14.4 Å². The summed E-state index contributed by atoms with van der Waals surface area (Å²) in [6, 6.07) is 14.3. The molecular formula is C24H22ClN5O4S. The number of anilines is 2. The molecule has 0 aliphatic carbocycles. The first-order chi connectivity index (χ1) is 16.6. The number of aliphatic carboxylic acids is 1. The molecule has 0 fully saturated rings. The number of halogens is 1. The number of amides is 2. The number of carboxylic acid groups (broad SMARTS) is 1. The molecule has 4 N–H and O–H groups in total. The zero-order valence-corrected chi connectivity index (χ0v) is 20.4. The van der Waals surface area contributed by atoms with E-state index < -0.39 is 17.8 Å². The fourth-order valence-electron chi connectivity index (χ4n) is 2.92. The third-order valence-corrected chi connectivity index (χ3v) is 5.89. The lowest BCUT2D eigenvalue weighted by Crippen LogP contribution is -2.22. The van der Waals surface area contributed by atoms with Crippen LogP contribution in [0.25, 0.3) is 0 Å². The highest BCUT2D eigenvalue weighted by Crippen LogP contribution is 2.26. The standard InChI is InChI=1S/C24H22ClN5O4S/c1-30(2)22(26)14-3-5-15(6-4-14)23(33)28-19-9-8-17(35-13-21(31)32)11-18(19)24(34)29-20-10-7-16(25)12-27-20/h3-12,26H,13H2,1-2H3,(H,28,33)(H,31,32)(H,27,29,34). The van der Waals surface area contributed by atoms with Gasteiger partial charge in [0.05, 0.1) is 22.0 Å². The molecule has 35 heavy (non-hydrogen) atoms. The van der Waals surface area contributed by atoms with Crippen molar-refractivity contribution in [3.05, 3.63) is 82.5 Å². The number of hydrogen-bond donors (Lipinski definition) is 4. The van der Waals surface area contributed by atoms with Gasteiger partial charge in [0, 0.05) is 36.3 Å². The number of carbonyl (C=O) groups excluding carboxylic acids is 2. The minimum Gasteiger partial charge on any atom is -0.481 e. The van der Waals surface area contributed by atoms with Gasteiger partial charge in [0.25, 0.3) is 11.8 Å². The Morgan fingerprint density at radius 3 is 2.29 bits per heavy atom. The largest absolute Gasteiger partial charge is 0.481 e. The van der Waals surface area contributed by atoms with Gasteiger partial charge in [0.15, 0.2) is 0 Å². The molecule has 0 atom stereocenters. The van der Waals surface area contributed by atoms with Crippen molar-refractivity contribution in [2.75, 3.05) is 30.5 Å². The Kier molecular flexibility index (Phi) is 8.45. The van der Waals surface area contributed by atoms with Crippen LogP contribution in [0.2, 0.25) is 5.02 Å². The van der Waals surface area contributed by atoms with Crippen molar-refractivity contribution in [1.29, 1.82) is 5.41 Å². The summed E-state index contributed by atoms with van der Waals surface area (Å²) in [5.41, 5.74) is 1.37. The molecule has 0 saturated heterocycles. The normalized spacial score (nSPS) is 10.4. The summed E-state index contributed by atoms with van der Waals surface area (Å²) < 4.78 is 0. The molecule has 0 spiro atoms. The number of nitrogens with one attached hydrogen (secondary N) is 3. The Morgan fingerprint density at radius 2 is 1.69 bits per heavy atom. The Labute approximate surface area is 211 Å². The summed E-state index contributed by atoms with van der Waals surface area (Å²) in [6.07, 6.45) is 1.39. The number of carboxylic acids is 1. The van der Waals surface area contributed by atoms with E-state index in [4.69, 9.17) is 22.1 Å². The van der Waals surface area contributed by atoms with Gasteiger partial charge in [-0.1, -0.05) is 23.7 Å². The molecule has 0 aliphatic rings. The van der Waals surface area contributed by atoms with E-state index in [1.165, 1.54) is 18.3 Å². The quantitative estimate of drug-likeness (QED) is 0.201. The highest BCUT2D eigenvalue weighted by Gasteiger charge is 2.17. The van der Waals surface area contributed by atoms with Crippen LogP contribution in [0.1, 0.15) is 26.3 Å². The second kappa shape index (κ2) is 11.5. The van der Waals surface area contributed by atoms with E-state index in [-0.39, 0.29) is 22.8 Å². The molecule has 1 aromatic heterocycles. The zero-order valence-electron chi connectivity index (χ0n) is 18.8. The van der Waals surface area contributed by atoms with Gasteiger partial charge in [-0.25, -0.2) is 4.98 Å².